The molecule has 3 rings (SSSR count). The SMILES string of the molecule is CCCc1ccc(-c2nc3n(c2CN)CCS3)cc1. The van der Waals surface area contributed by atoms with Crippen molar-refractivity contribution in [2.45, 2.75) is 38.0 Å². The molecule has 4 heteroatoms. The van der Waals surface area contributed by atoms with E-state index in [0.29, 0.717) is 6.54 Å². The van der Waals surface area contributed by atoms with Gasteiger partial charge in [-0.05, 0) is 12.0 Å². The number of rotatable bonds is 4. The highest BCUT2D eigenvalue weighted by molar-refractivity contribution is 7.99. The molecule has 0 aliphatic carbocycles. The van der Waals surface area contributed by atoms with Crippen LogP contribution in [-0.2, 0) is 19.5 Å². The van der Waals surface area contributed by atoms with Gasteiger partial charge in [0.2, 0.25) is 0 Å². The van der Waals surface area contributed by atoms with E-state index in [2.05, 4.69) is 35.8 Å². The molecule has 100 valence electrons. The highest BCUT2D eigenvalue weighted by atomic mass is 32.2. The number of imidazole rings is 1. The summed E-state index contributed by atoms with van der Waals surface area (Å²) < 4.78 is 2.26. The summed E-state index contributed by atoms with van der Waals surface area (Å²) in [6.45, 7) is 3.80. The van der Waals surface area contributed by atoms with Crippen LogP contribution in [0.5, 0.6) is 0 Å². The first kappa shape index (κ1) is 12.8. The van der Waals surface area contributed by atoms with Gasteiger partial charge in [-0.25, -0.2) is 4.98 Å². The van der Waals surface area contributed by atoms with Crippen molar-refractivity contribution < 1.29 is 0 Å². The van der Waals surface area contributed by atoms with Crippen molar-refractivity contribution in [2.24, 2.45) is 5.73 Å². The lowest BCUT2D eigenvalue weighted by Crippen LogP contribution is -2.07. The van der Waals surface area contributed by atoms with Crippen molar-refractivity contribution in [1.82, 2.24) is 9.55 Å². The molecule has 1 aliphatic heterocycles. The Morgan fingerprint density at radius 1 is 1.32 bits per heavy atom. The Morgan fingerprint density at radius 3 is 2.79 bits per heavy atom. The molecule has 2 aromatic rings. The van der Waals surface area contributed by atoms with Crippen LogP contribution in [0, 0.1) is 0 Å². The van der Waals surface area contributed by atoms with E-state index in [1.165, 1.54) is 23.2 Å². The standard InChI is InChI=1S/C15H19N3S/c1-2-3-11-4-6-12(7-5-11)14-13(10-16)18-8-9-19-15(18)17-14/h4-7H,2-3,8-10,16H2,1H3. The number of nitrogens with zero attached hydrogens (tertiary/aromatic N) is 2. The van der Waals surface area contributed by atoms with Gasteiger partial charge in [0, 0.05) is 24.4 Å². The Hall–Kier alpha value is -1.26. The van der Waals surface area contributed by atoms with E-state index in [-0.39, 0.29) is 0 Å². The maximum atomic E-state index is 5.91. The van der Waals surface area contributed by atoms with E-state index in [4.69, 9.17) is 10.7 Å². The van der Waals surface area contributed by atoms with Gasteiger partial charge in [-0.2, -0.15) is 0 Å². The Morgan fingerprint density at radius 2 is 2.11 bits per heavy atom. The minimum atomic E-state index is 0.555. The molecule has 0 saturated carbocycles. The molecule has 1 aromatic carbocycles. The molecule has 1 aromatic heterocycles. The number of nitrogens with two attached hydrogens (primary N) is 1. The van der Waals surface area contributed by atoms with E-state index in [1.54, 1.807) is 0 Å². The number of hydrogen-bond donors (Lipinski definition) is 1. The van der Waals surface area contributed by atoms with Crippen LogP contribution in [0.2, 0.25) is 0 Å². The van der Waals surface area contributed by atoms with Crippen molar-refractivity contribution in [1.29, 1.82) is 0 Å². The lowest BCUT2D eigenvalue weighted by molar-refractivity contribution is 0.678. The molecule has 0 amide bonds. The maximum Gasteiger partial charge on any atom is 0.168 e. The van der Waals surface area contributed by atoms with Crippen LogP contribution >= 0.6 is 11.8 Å². The number of fused-ring (bicyclic) bond motifs is 1. The molecule has 19 heavy (non-hydrogen) atoms. The average Bonchev–Trinajstić information content (AvgIpc) is 3.00. The van der Waals surface area contributed by atoms with Gasteiger partial charge in [0.1, 0.15) is 0 Å². The Labute approximate surface area is 118 Å². The second kappa shape index (κ2) is 5.39. The Bertz CT molecular complexity index is 572. The second-order valence-corrected chi connectivity index (χ2v) is 5.90. The normalized spacial score (nSPS) is 13.8. The second-order valence-electron chi connectivity index (χ2n) is 4.84. The molecule has 0 radical (unpaired) electrons. The van der Waals surface area contributed by atoms with E-state index in [1.807, 2.05) is 11.8 Å². The summed E-state index contributed by atoms with van der Waals surface area (Å²) in [5, 5.41) is 1.12. The fourth-order valence-electron chi connectivity index (χ4n) is 2.59. The molecule has 0 fully saturated rings. The van der Waals surface area contributed by atoms with Crippen LogP contribution in [0.25, 0.3) is 11.3 Å². The first-order chi connectivity index (χ1) is 9.33. The summed E-state index contributed by atoms with van der Waals surface area (Å²) in [7, 11) is 0. The van der Waals surface area contributed by atoms with Crippen molar-refractivity contribution >= 4 is 11.8 Å². The highest BCUT2D eigenvalue weighted by Crippen LogP contribution is 2.33. The van der Waals surface area contributed by atoms with E-state index >= 15 is 0 Å². The zero-order valence-corrected chi connectivity index (χ0v) is 12.0. The summed E-state index contributed by atoms with van der Waals surface area (Å²) in [6, 6.07) is 8.76. The largest absolute Gasteiger partial charge is 0.325 e. The first-order valence-electron chi connectivity index (χ1n) is 6.85. The molecule has 3 nitrogen and oxygen atoms in total. The van der Waals surface area contributed by atoms with Gasteiger partial charge in [0.05, 0.1) is 11.4 Å². The van der Waals surface area contributed by atoms with Gasteiger partial charge in [-0.15, -0.1) is 0 Å². The molecule has 0 unspecified atom stereocenters. The van der Waals surface area contributed by atoms with Gasteiger partial charge in [0.25, 0.3) is 0 Å². The number of aryl methyl sites for hydroxylation is 1. The molecule has 0 atom stereocenters. The highest BCUT2D eigenvalue weighted by Gasteiger charge is 2.21. The van der Waals surface area contributed by atoms with Crippen molar-refractivity contribution in [3.8, 4) is 11.3 Å². The number of aromatic nitrogens is 2. The summed E-state index contributed by atoms with van der Waals surface area (Å²) >= 11 is 1.82. The number of thioether (sulfide) groups is 1. The van der Waals surface area contributed by atoms with Gasteiger partial charge < -0.3 is 10.3 Å². The van der Waals surface area contributed by atoms with Crippen LogP contribution in [0.1, 0.15) is 24.6 Å². The third-order valence-electron chi connectivity index (χ3n) is 3.54. The van der Waals surface area contributed by atoms with Crippen molar-refractivity contribution in [2.75, 3.05) is 5.75 Å². The molecular weight excluding hydrogens is 254 g/mol. The third kappa shape index (κ3) is 2.30. The fourth-order valence-corrected chi connectivity index (χ4v) is 3.56. The van der Waals surface area contributed by atoms with Gasteiger partial charge in [-0.3, -0.25) is 0 Å². The van der Waals surface area contributed by atoms with E-state index in [0.717, 1.165) is 29.6 Å². The molecular formula is C15H19N3S. The lowest BCUT2D eigenvalue weighted by atomic mass is 10.0. The summed E-state index contributed by atoms with van der Waals surface area (Å²) in [5.41, 5.74) is 10.7. The van der Waals surface area contributed by atoms with Crippen molar-refractivity contribution in [3.05, 3.63) is 35.5 Å². The Kier molecular flexibility index (Phi) is 3.62. The zero-order chi connectivity index (χ0) is 13.2. The molecule has 2 heterocycles. The molecule has 2 N–H and O–H groups in total. The predicted octanol–water partition coefficient (Wildman–Crippen LogP) is 3.07. The topological polar surface area (TPSA) is 43.8 Å². The molecule has 0 bridgehead atoms. The van der Waals surface area contributed by atoms with Crippen LogP contribution in [0.3, 0.4) is 0 Å². The zero-order valence-electron chi connectivity index (χ0n) is 11.2. The van der Waals surface area contributed by atoms with E-state index < -0.39 is 0 Å². The van der Waals surface area contributed by atoms with Crippen LogP contribution in [0.4, 0.5) is 0 Å². The summed E-state index contributed by atoms with van der Waals surface area (Å²) in [6.07, 6.45) is 2.32. The van der Waals surface area contributed by atoms with Crippen molar-refractivity contribution in [3.63, 3.8) is 0 Å². The van der Waals surface area contributed by atoms with Gasteiger partial charge in [0.15, 0.2) is 5.16 Å². The smallest absolute Gasteiger partial charge is 0.168 e. The maximum absolute atomic E-state index is 5.91. The quantitative estimate of drug-likeness (QED) is 0.931. The Balaban J connectivity index is 1.97. The fraction of sp³-hybridized carbons (Fsp3) is 0.400. The number of benzene rings is 1. The summed E-state index contributed by atoms with van der Waals surface area (Å²) in [4.78, 5) is 4.75. The molecule has 1 aliphatic rings. The van der Waals surface area contributed by atoms with Crippen LogP contribution in [0.15, 0.2) is 29.4 Å². The monoisotopic (exact) mass is 273 g/mol. The molecule has 0 saturated heterocycles. The predicted molar refractivity (Wildman–Crippen MR) is 80.3 cm³/mol. The lowest BCUT2D eigenvalue weighted by Gasteiger charge is -2.06. The average molecular weight is 273 g/mol. The minimum absolute atomic E-state index is 0.555. The van der Waals surface area contributed by atoms with E-state index in [9.17, 15) is 0 Å². The van der Waals surface area contributed by atoms with Gasteiger partial charge in [-0.1, -0.05) is 49.4 Å². The first-order valence-corrected chi connectivity index (χ1v) is 7.83. The minimum Gasteiger partial charge on any atom is -0.325 e. The van der Waals surface area contributed by atoms with Crippen LogP contribution in [-0.4, -0.2) is 15.3 Å². The third-order valence-corrected chi connectivity index (χ3v) is 4.50. The number of hydrogen-bond acceptors (Lipinski definition) is 3. The van der Waals surface area contributed by atoms with Crippen LogP contribution < -0.4 is 5.73 Å². The molecule has 0 spiro atoms. The summed E-state index contributed by atoms with van der Waals surface area (Å²) in [5.74, 6) is 1.12. The van der Waals surface area contributed by atoms with Gasteiger partial charge >= 0.3 is 0 Å².